The summed E-state index contributed by atoms with van der Waals surface area (Å²) < 4.78 is 0.506. The molecule has 0 heterocycles. The fourth-order valence-electron chi connectivity index (χ4n) is 2.14. The molecule has 138 valence electrons. The van der Waals surface area contributed by atoms with Crippen LogP contribution in [0.2, 0.25) is 0 Å². The second-order valence-corrected chi connectivity index (χ2v) is 5.12. The van der Waals surface area contributed by atoms with Crippen LogP contribution in [-0.2, 0) is 0 Å². The fraction of sp³-hybridized carbons (Fsp3) is 0.789. The van der Waals surface area contributed by atoms with Crippen LogP contribution in [0.1, 0.15) is 66.9 Å². The van der Waals surface area contributed by atoms with E-state index in [1.165, 1.54) is 6.42 Å². The molecule has 0 fully saturated rings. The quantitative estimate of drug-likeness (QED) is 0.634. The summed E-state index contributed by atoms with van der Waals surface area (Å²) in [7, 11) is 4.16. The largest absolute Gasteiger partial charge is 0.373 e. The van der Waals surface area contributed by atoms with Crippen LogP contribution in [0.15, 0.2) is 4.79 Å². The Morgan fingerprint density at radius 3 is 1.78 bits per heavy atom. The maximum Gasteiger partial charge on any atom is 0.203 e. The van der Waals surface area contributed by atoms with Crippen molar-refractivity contribution in [1.29, 1.82) is 0 Å². The van der Waals surface area contributed by atoms with E-state index in [-0.39, 0.29) is 5.43 Å². The van der Waals surface area contributed by atoms with E-state index in [1.54, 1.807) is 0 Å². The molecule has 0 saturated heterocycles. The van der Waals surface area contributed by atoms with E-state index in [1.807, 2.05) is 55.5 Å². The first-order chi connectivity index (χ1) is 11.0. The molecule has 0 aliphatic heterocycles. The standard InChI is InChI=1S/C13H22N2OS.3C2H6/c1-5-7-14(3)8-6-9-15(4)11-10(2)12(16)13(11)17;3*1-2/h5-9H2,1-4H3;3*1-2H3. The Labute approximate surface area is 150 Å². The van der Waals surface area contributed by atoms with Gasteiger partial charge in [0, 0.05) is 19.2 Å². The van der Waals surface area contributed by atoms with Gasteiger partial charge in [-0.25, -0.2) is 0 Å². The van der Waals surface area contributed by atoms with E-state index >= 15 is 0 Å². The van der Waals surface area contributed by atoms with Gasteiger partial charge in [0.15, 0.2) is 0 Å². The average molecular weight is 345 g/mol. The predicted octanol–water partition coefficient (Wildman–Crippen LogP) is 5.21. The molecule has 0 amide bonds. The summed E-state index contributed by atoms with van der Waals surface area (Å²) in [6, 6.07) is 0. The minimum absolute atomic E-state index is 0.0463. The van der Waals surface area contributed by atoms with Crippen LogP contribution in [-0.4, -0.2) is 38.6 Å². The Morgan fingerprint density at radius 2 is 1.39 bits per heavy atom. The van der Waals surface area contributed by atoms with Gasteiger partial charge in [-0.1, -0.05) is 60.7 Å². The lowest BCUT2D eigenvalue weighted by atomic mass is 10.1. The molecular weight excluding hydrogens is 304 g/mol. The minimum Gasteiger partial charge on any atom is -0.373 e. The van der Waals surface area contributed by atoms with Crippen LogP contribution in [0.3, 0.4) is 0 Å². The summed E-state index contributed by atoms with van der Waals surface area (Å²) in [4.78, 5) is 15.8. The normalized spacial score (nSPS) is 9.17. The van der Waals surface area contributed by atoms with Gasteiger partial charge >= 0.3 is 0 Å². The number of anilines is 1. The third-order valence-electron chi connectivity index (χ3n) is 3.14. The molecule has 1 rings (SSSR count). The molecule has 4 heteroatoms. The molecular formula is C19H40N2OS. The maximum absolute atomic E-state index is 11.3. The van der Waals surface area contributed by atoms with E-state index in [0.29, 0.717) is 4.51 Å². The molecule has 0 spiro atoms. The maximum atomic E-state index is 11.3. The Hall–Kier alpha value is -0.740. The highest BCUT2D eigenvalue weighted by Crippen LogP contribution is 2.20. The molecule has 0 aliphatic rings. The van der Waals surface area contributed by atoms with Crippen molar-refractivity contribution >= 4 is 17.9 Å². The third kappa shape index (κ3) is 9.87. The lowest BCUT2D eigenvalue weighted by Crippen LogP contribution is -2.30. The predicted molar refractivity (Wildman–Crippen MR) is 110 cm³/mol. The van der Waals surface area contributed by atoms with Crippen LogP contribution >= 0.6 is 12.2 Å². The van der Waals surface area contributed by atoms with Gasteiger partial charge in [0.1, 0.15) is 4.51 Å². The average Bonchev–Trinajstić information content (AvgIpc) is 2.60. The van der Waals surface area contributed by atoms with Gasteiger partial charge in [-0.05, 0) is 39.9 Å². The van der Waals surface area contributed by atoms with Crippen LogP contribution in [0.25, 0.3) is 0 Å². The first kappa shape index (κ1) is 27.1. The molecule has 23 heavy (non-hydrogen) atoms. The second-order valence-electron chi connectivity index (χ2n) is 4.71. The molecule has 0 bridgehead atoms. The Balaban J connectivity index is -0.000000595. The fourth-order valence-corrected chi connectivity index (χ4v) is 2.60. The molecule has 0 aliphatic carbocycles. The van der Waals surface area contributed by atoms with Crippen molar-refractivity contribution < 1.29 is 0 Å². The lowest BCUT2D eigenvalue weighted by Gasteiger charge is -2.24. The zero-order chi connectivity index (χ0) is 19.0. The van der Waals surface area contributed by atoms with Gasteiger partial charge < -0.3 is 9.80 Å². The molecule has 0 saturated carbocycles. The van der Waals surface area contributed by atoms with E-state index in [4.69, 9.17) is 12.2 Å². The summed E-state index contributed by atoms with van der Waals surface area (Å²) in [5.74, 6) is 0. The van der Waals surface area contributed by atoms with Crippen molar-refractivity contribution in [1.82, 2.24) is 4.90 Å². The summed E-state index contributed by atoms with van der Waals surface area (Å²) in [5, 5.41) is 0. The number of hydrogen-bond acceptors (Lipinski definition) is 4. The topological polar surface area (TPSA) is 23.6 Å². The molecule has 0 radical (unpaired) electrons. The van der Waals surface area contributed by atoms with Gasteiger partial charge in [-0.15, -0.1) is 0 Å². The number of rotatable bonds is 7. The van der Waals surface area contributed by atoms with Gasteiger partial charge in [-0.2, -0.15) is 0 Å². The zero-order valence-corrected chi connectivity index (χ0v) is 18.1. The van der Waals surface area contributed by atoms with Gasteiger partial charge in [0.25, 0.3) is 0 Å². The molecule has 0 unspecified atom stereocenters. The smallest absolute Gasteiger partial charge is 0.203 e. The molecule has 0 aromatic heterocycles. The van der Waals surface area contributed by atoms with Crippen molar-refractivity contribution in [3.63, 3.8) is 0 Å². The van der Waals surface area contributed by atoms with Crippen LogP contribution in [0, 0.1) is 11.4 Å². The Kier molecular flexibility index (Phi) is 20.8. The molecule has 0 N–H and O–H groups in total. The molecule has 3 nitrogen and oxygen atoms in total. The Morgan fingerprint density at radius 1 is 0.913 bits per heavy atom. The van der Waals surface area contributed by atoms with Crippen LogP contribution in [0.5, 0.6) is 0 Å². The highest BCUT2D eigenvalue weighted by atomic mass is 32.1. The van der Waals surface area contributed by atoms with Gasteiger partial charge in [0.2, 0.25) is 5.43 Å². The molecule has 1 aromatic rings. The van der Waals surface area contributed by atoms with Gasteiger partial charge in [-0.3, -0.25) is 4.79 Å². The Bertz CT molecular complexity index is 437. The number of hydrogen-bond donors (Lipinski definition) is 0. The van der Waals surface area contributed by atoms with Crippen LogP contribution < -0.4 is 10.3 Å². The summed E-state index contributed by atoms with van der Waals surface area (Å²) in [5.41, 5.74) is 1.84. The van der Waals surface area contributed by atoms with Crippen molar-refractivity contribution in [3.8, 4) is 0 Å². The molecule has 0 atom stereocenters. The molecule has 1 aromatic carbocycles. The summed E-state index contributed by atoms with van der Waals surface area (Å²) in [6.45, 7) is 19.2. The van der Waals surface area contributed by atoms with E-state index in [2.05, 4.69) is 23.8 Å². The van der Waals surface area contributed by atoms with Crippen molar-refractivity contribution in [3.05, 3.63) is 20.3 Å². The van der Waals surface area contributed by atoms with E-state index in [0.717, 1.165) is 37.3 Å². The van der Waals surface area contributed by atoms with Crippen molar-refractivity contribution in [2.24, 2.45) is 0 Å². The first-order valence-corrected chi connectivity index (χ1v) is 9.59. The highest BCUT2D eigenvalue weighted by Gasteiger charge is 2.16. The lowest BCUT2D eigenvalue weighted by molar-refractivity contribution is 0.331. The second kappa shape index (κ2) is 17.6. The third-order valence-corrected chi connectivity index (χ3v) is 3.52. The zero-order valence-electron chi connectivity index (χ0n) is 17.2. The highest BCUT2D eigenvalue weighted by molar-refractivity contribution is 7.71. The summed E-state index contributed by atoms with van der Waals surface area (Å²) >= 11 is 5.07. The monoisotopic (exact) mass is 344 g/mol. The van der Waals surface area contributed by atoms with E-state index in [9.17, 15) is 4.79 Å². The van der Waals surface area contributed by atoms with Crippen molar-refractivity contribution in [2.75, 3.05) is 38.6 Å². The van der Waals surface area contributed by atoms with Crippen molar-refractivity contribution in [2.45, 2.75) is 68.2 Å². The minimum atomic E-state index is 0.0463. The van der Waals surface area contributed by atoms with Crippen LogP contribution in [0.4, 0.5) is 5.69 Å². The van der Waals surface area contributed by atoms with Gasteiger partial charge in [0.05, 0.1) is 5.69 Å². The number of nitrogens with zero attached hydrogens (tertiary/aromatic N) is 2. The first-order valence-electron chi connectivity index (χ1n) is 9.18. The van der Waals surface area contributed by atoms with E-state index < -0.39 is 0 Å². The SMILES string of the molecule is CC.CC.CC.CCCN(C)CCCN(C)c1c(C)c(=O)c1=S. The summed E-state index contributed by atoms with van der Waals surface area (Å²) in [6.07, 6.45) is 2.29.